The van der Waals surface area contributed by atoms with Crippen molar-refractivity contribution in [1.29, 1.82) is 0 Å². The van der Waals surface area contributed by atoms with Crippen molar-refractivity contribution in [3.8, 4) is 0 Å². The number of anilines is 3. The van der Waals surface area contributed by atoms with Crippen LogP contribution in [-0.2, 0) is 0 Å². The molecule has 1 aliphatic rings. The van der Waals surface area contributed by atoms with E-state index in [9.17, 15) is 0 Å². The minimum Gasteiger partial charge on any atom is -0.384 e. The molecular weight excluding hydrogens is 398 g/mol. The molecule has 0 spiro atoms. The topological polar surface area (TPSA) is 69.2 Å². The quantitative estimate of drug-likeness (QED) is 0.442. The first-order valence-electron chi connectivity index (χ1n) is 10.4. The zero-order valence-corrected chi connectivity index (χ0v) is 18.3. The van der Waals surface area contributed by atoms with E-state index in [0.717, 1.165) is 68.1 Å². The third kappa shape index (κ3) is 5.09. The molecule has 2 N–H and O–H groups in total. The molecule has 30 heavy (non-hydrogen) atoms. The maximum atomic E-state index is 6.24. The van der Waals surface area contributed by atoms with E-state index in [1.807, 2.05) is 18.3 Å². The molecule has 0 radical (unpaired) electrons. The number of aryl methyl sites for hydroxylation is 1. The number of benzene rings is 1. The lowest BCUT2D eigenvalue weighted by Gasteiger charge is -2.33. The molecule has 0 unspecified atom stereocenters. The molecule has 4 rings (SSSR count). The summed E-state index contributed by atoms with van der Waals surface area (Å²) in [6, 6.07) is 10.2. The summed E-state index contributed by atoms with van der Waals surface area (Å²) >= 11 is 6.24. The van der Waals surface area contributed by atoms with Gasteiger partial charge in [0.25, 0.3) is 0 Å². The summed E-state index contributed by atoms with van der Waals surface area (Å²) in [5.74, 6) is 1.48. The first kappa shape index (κ1) is 20.6. The van der Waals surface area contributed by atoms with Gasteiger partial charge < -0.3 is 20.4 Å². The highest BCUT2D eigenvalue weighted by atomic mass is 35.5. The van der Waals surface area contributed by atoms with Gasteiger partial charge in [0, 0.05) is 62.6 Å². The largest absolute Gasteiger partial charge is 0.384 e. The molecule has 3 heterocycles. The molecule has 0 amide bonds. The van der Waals surface area contributed by atoms with Gasteiger partial charge in [-0.3, -0.25) is 4.98 Å². The summed E-state index contributed by atoms with van der Waals surface area (Å²) in [4.78, 5) is 18.0. The van der Waals surface area contributed by atoms with Gasteiger partial charge in [-0.25, -0.2) is 4.98 Å². The van der Waals surface area contributed by atoms with Gasteiger partial charge in [-0.1, -0.05) is 23.7 Å². The maximum absolute atomic E-state index is 6.24. The van der Waals surface area contributed by atoms with Crippen LogP contribution >= 0.6 is 11.6 Å². The predicted octanol–water partition coefficient (Wildman–Crippen LogP) is 3.65. The van der Waals surface area contributed by atoms with Crippen LogP contribution in [0.4, 0.5) is 17.5 Å². The van der Waals surface area contributed by atoms with Crippen LogP contribution in [0.5, 0.6) is 0 Å². The van der Waals surface area contributed by atoms with E-state index in [-0.39, 0.29) is 0 Å². The van der Waals surface area contributed by atoms with Crippen molar-refractivity contribution in [3.63, 3.8) is 0 Å². The van der Waals surface area contributed by atoms with Crippen LogP contribution in [0.25, 0.3) is 10.9 Å². The number of fused-ring (bicyclic) bond motifs is 1. The zero-order chi connectivity index (χ0) is 20.9. The average Bonchev–Trinajstić information content (AvgIpc) is 2.73. The van der Waals surface area contributed by atoms with Crippen LogP contribution in [0.1, 0.15) is 12.0 Å². The van der Waals surface area contributed by atoms with E-state index >= 15 is 0 Å². The Morgan fingerprint density at radius 1 is 1.00 bits per heavy atom. The number of hydrogen-bond donors (Lipinski definition) is 2. The highest BCUT2D eigenvalue weighted by Gasteiger charge is 2.16. The number of nitrogens with zero attached hydrogens (tertiary/aromatic N) is 5. The lowest BCUT2D eigenvalue weighted by molar-refractivity contribution is 0.312. The molecule has 7 nitrogen and oxygen atoms in total. The minimum atomic E-state index is 0.470. The number of hydrogen-bond acceptors (Lipinski definition) is 7. The molecule has 158 valence electrons. The Bertz CT molecular complexity index is 1000. The predicted molar refractivity (Wildman–Crippen MR) is 125 cm³/mol. The average molecular weight is 426 g/mol. The molecule has 0 aliphatic carbocycles. The Hall–Kier alpha value is -2.64. The molecule has 1 aromatic carbocycles. The van der Waals surface area contributed by atoms with Crippen molar-refractivity contribution in [2.45, 2.75) is 13.3 Å². The van der Waals surface area contributed by atoms with Crippen molar-refractivity contribution in [2.24, 2.45) is 0 Å². The molecule has 1 aliphatic heterocycles. The lowest BCUT2D eigenvalue weighted by Crippen LogP contribution is -2.44. The molecule has 1 fully saturated rings. The number of nitrogens with one attached hydrogen (secondary N) is 2. The summed E-state index contributed by atoms with van der Waals surface area (Å²) < 4.78 is 0. The van der Waals surface area contributed by atoms with Crippen molar-refractivity contribution >= 4 is 40.0 Å². The third-order valence-electron chi connectivity index (χ3n) is 5.36. The van der Waals surface area contributed by atoms with Crippen LogP contribution in [-0.4, -0.2) is 66.2 Å². The van der Waals surface area contributed by atoms with Gasteiger partial charge in [-0.05, 0) is 38.1 Å². The lowest BCUT2D eigenvalue weighted by atomic mass is 10.1. The Labute approximate surface area is 182 Å². The van der Waals surface area contributed by atoms with Gasteiger partial charge in [-0.2, -0.15) is 4.98 Å². The van der Waals surface area contributed by atoms with E-state index < -0.39 is 0 Å². The SMILES string of the molecule is Cc1ccc2c(NCCCNc3nc(Cl)cc(N4CCN(C)CC4)n3)ccnc2c1. The highest BCUT2D eigenvalue weighted by Crippen LogP contribution is 2.22. The fourth-order valence-electron chi connectivity index (χ4n) is 3.61. The second-order valence-electron chi connectivity index (χ2n) is 7.75. The molecule has 0 atom stereocenters. The Kier molecular flexibility index (Phi) is 6.50. The highest BCUT2D eigenvalue weighted by molar-refractivity contribution is 6.29. The number of halogens is 1. The molecule has 8 heteroatoms. The second kappa shape index (κ2) is 9.45. The number of piperazine rings is 1. The number of aromatic nitrogens is 3. The number of rotatable bonds is 7. The van der Waals surface area contributed by atoms with E-state index in [0.29, 0.717) is 11.1 Å². The maximum Gasteiger partial charge on any atom is 0.226 e. The summed E-state index contributed by atoms with van der Waals surface area (Å²) in [6.07, 6.45) is 2.78. The summed E-state index contributed by atoms with van der Waals surface area (Å²) in [5.41, 5.74) is 3.34. The van der Waals surface area contributed by atoms with E-state index in [1.54, 1.807) is 0 Å². The first-order valence-corrected chi connectivity index (χ1v) is 10.8. The zero-order valence-electron chi connectivity index (χ0n) is 17.5. The van der Waals surface area contributed by atoms with Crippen LogP contribution in [0.3, 0.4) is 0 Å². The Balaban J connectivity index is 1.30. The molecule has 3 aromatic rings. The smallest absolute Gasteiger partial charge is 0.226 e. The van der Waals surface area contributed by atoms with Gasteiger partial charge in [0.05, 0.1) is 5.52 Å². The Morgan fingerprint density at radius 2 is 1.80 bits per heavy atom. The minimum absolute atomic E-state index is 0.470. The van der Waals surface area contributed by atoms with Gasteiger partial charge in [-0.15, -0.1) is 0 Å². The van der Waals surface area contributed by atoms with Crippen molar-refractivity contribution < 1.29 is 0 Å². The fraction of sp³-hybridized carbons (Fsp3) is 0.409. The second-order valence-corrected chi connectivity index (χ2v) is 8.14. The van der Waals surface area contributed by atoms with E-state index in [2.05, 4.69) is 67.6 Å². The molecular formula is C22H28ClN7. The van der Waals surface area contributed by atoms with Crippen LogP contribution in [0.15, 0.2) is 36.5 Å². The van der Waals surface area contributed by atoms with E-state index in [4.69, 9.17) is 11.6 Å². The summed E-state index contributed by atoms with van der Waals surface area (Å²) in [5, 5.41) is 8.44. The third-order valence-corrected chi connectivity index (χ3v) is 5.55. The van der Waals surface area contributed by atoms with Crippen LogP contribution < -0.4 is 15.5 Å². The fourth-order valence-corrected chi connectivity index (χ4v) is 3.78. The normalized spacial score (nSPS) is 14.8. The van der Waals surface area contributed by atoms with Crippen molar-refractivity contribution in [2.75, 3.05) is 61.8 Å². The van der Waals surface area contributed by atoms with Crippen LogP contribution in [0.2, 0.25) is 5.15 Å². The van der Waals surface area contributed by atoms with Gasteiger partial charge in [0.15, 0.2) is 0 Å². The molecule has 0 bridgehead atoms. The Morgan fingerprint density at radius 3 is 2.63 bits per heavy atom. The summed E-state index contributed by atoms with van der Waals surface area (Å²) in [6.45, 7) is 7.64. The van der Waals surface area contributed by atoms with E-state index in [1.165, 1.54) is 5.56 Å². The molecule has 2 aromatic heterocycles. The first-order chi connectivity index (χ1) is 14.6. The molecule has 1 saturated heterocycles. The van der Waals surface area contributed by atoms with Crippen molar-refractivity contribution in [1.82, 2.24) is 19.9 Å². The van der Waals surface area contributed by atoms with Gasteiger partial charge in [0.2, 0.25) is 5.95 Å². The monoisotopic (exact) mass is 425 g/mol. The standard InChI is InChI=1S/C22H28ClN7/c1-16-4-5-17-18(6-9-25-19(17)14-16)24-7-3-8-26-22-27-20(23)15-21(28-22)30-12-10-29(2)11-13-30/h4-6,9,14-15H,3,7-8,10-13H2,1-2H3,(H,24,25)(H,26,27,28). The molecule has 0 saturated carbocycles. The number of likely N-dealkylation sites (N-methyl/N-ethyl adjacent to an activating group) is 1. The van der Waals surface area contributed by atoms with Gasteiger partial charge >= 0.3 is 0 Å². The van der Waals surface area contributed by atoms with Crippen LogP contribution in [0, 0.1) is 6.92 Å². The van der Waals surface area contributed by atoms with Crippen molar-refractivity contribution in [3.05, 3.63) is 47.2 Å². The summed E-state index contributed by atoms with van der Waals surface area (Å²) in [7, 11) is 2.14. The number of pyridine rings is 1. The van der Waals surface area contributed by atoms with Gasteiger partial charge in [0.1, 0.15) is 11.0 Å².